The van der Waals surface area contributed by atoms with Gasteiger partial charge in [0, 0.05) is 26.2 Å². The van der Waals surface area contributed by atoms with E-state index in [1.807, 2.05) is 0 Å². The van der Waals surface area contributed by atoms with Crippen LogP contribution in [0, 0.1) is 11.8 Å². The minimum absolute atomic E-state index is 0.396. The molecule has 0 radical (unpaired) electrons. The highest BCUT2D eigenvalue weighted by Gasteiger charge is 2.30. The largest absolute Gasteiger partial charge is 0.409 e. The van der Waals surface area contributed by atoms with Crippen molar-refractivity contribution >= 4 is 11.7 Å². The summed E-state index contributed by atoms with van der Waals surface area (Å²) < 4.78 is 0. The van der Waals surface area contributed by atoms with Gasteiger partial charge in [-0.3, -0.25) is 0 Å². The Bertz CT molecular complexity index is 809. The van der Waals surface area contributed by atoms with Gasteiger partial charge in [-0.15, -0.1) is 0 Å². The second-order valence-electron chi connectivity index (χ2n) is 9.09. The Morgan fingerprint density at radius 3 is 1.28 bits per heavy atom. The van der Waals surface area contributed by atoms with E-state index in [9.17, 15) is 10.4 Å². The first-order chi connectivity index (χ1) is 15.8. The van der Waals surface area contributed by atoms with Crippen molar-refractivity contribution in [2.75, 3.05) is 26.2 Å². The molecule has 2 aliphatic rings. The van der Waals surface area contributed by atoms with Gasteiger partial charge in [0.2, 0.25) is 11.7 Å². The molecule has 170 valence electrons. The van der Waals surface area contributed by atoms with E-state index in [-0.39, 0.29) is 0 Å². The molecule has 0 spiro atoms. The van der Waals surface area contributed by atoms with Gasteiger partial charge >= 0.3 is 0 Å². The molecule has 4 rings (SSSR count). The molecule has 0 saturated carbocycles. The number of benzene rings is 2. The van der Waals surface area contributed by atoms with Crippen LogP contribution in [0.2, 0.25) is 0 Å². The molecule has 0 aromatic heterocycles. The van der Waals surface area contributed by atoms with Crippen LogP contribution in [0.1, 0.15) is 36.8 Å². The summed E-state index contributed by atoms with van der Waals surface area (Å²) >= 11 is 0. The third-order valence-corrected chi connectivity index (χ3v) is 6.95. The summed E-state index contributed by atoms with van der Waals surface area (Å²) in [7, 11) is 0. The minimum atomic E-state index is 0.396. The average Bonchev–Trinajstić information content (AvgIpc) is 2.85. The molecular formula is C26H34N4O2. The molecule has 0 aliphatic carbocycles. The molecule has 32 heavy (non-hydrogen) atoms. The number of rotatable bonds is 4. The molecule has 0 bridgehead atoms. The molecule has 0 amide bonds. The Morgan fingerprint density at radius 2 is 0.969 bits per heavy atom. The molecule has 0 atom stereocenters. The number of piperidine rings is 2. The lowest BCUT2D eigenvalue weighted by Crippen LogP contribution is -2.50. The van der Waals surface area contributed by atoms with E-state index < -0.39 is 0 Å². The third kappa shape index (κ3) is 5.61. The fourth-order valence-electron chi connectivity index (χ4n) is 5.09. The maximum atomic E-state index is 9.79. The Hall–Kier alpha value is -3.02. The average molecular weight is 435 g/mol. The van der Waals surface area contributed by atoms with Crippen molar-refractivity contribution in [3.8, 4) is 0 Å². The van der Waals surface area contributed by atoms with E-state index in [0.717, 1.165) is 64.7 Å². The molecule has 2 aromatic rings. The van der Waals surface area contributed by atoms with Crippen molar-refractivity contribution in [2.24, 2.45) is 22.1 Å². The predicted octanol–water partition coefficient (Wildman–Crippen LogP) is 4.47. The van der Waals surface area contributed by atoms with Gasteiger partial charge in [0.15, 0.2) is 0 Å². The van der Waals surface area contributed by atoms with E-state index in [4.69, 9.17) is 0 Å². The van der Waals surface area contributed by atoms with Crippen molar-refractivity contribution in [1.29, 1.82) is 0 Å². The lowest BCUT2D eigenvalue weighted by atomic mass is 9.89. The van der Waals surface area contributed by atoms with Crippen molar-refractivity contribution in [3.63, 3.8) is 0 Å². The van der Waals surface area contributed by atoms with Gasteiger partial charge in [-0.05, 0) is 61.5 Å². The topological polar surface area (TPSA) is 71.7 Å². The van der Waals surface area contributed by atoms with Gasteiger partial charge in [0.05, 0.1) is 0 Å². The SMILES string of the molecule is O/N=C(/C(=N\O)N1CCC(Cc2ccccc2)CC1)N1CCC(Cc2ccccc2)CC1. The summed E-state index contributed by atoms with van der Waals surface area (Å²) in [6.07, 6.45) is 6.29. The lowest BCUT2D eigenvalue weighted by Gasteiger charge is -2.38. The summed E-state index contributed by atoms with van der Waals surface area (Å²) in [6.45, 7) is 3.22. The Balaban J connectivity index is 1.29. The van der Waals surface area contributed by atoms with Crippen molar-refractivity contribution in [3.05, 3.63) is 71.8 Å². The fraction of sp³-hybridized carbons (Fsp3) is 0.462. The second kappa shape index (κ2) is 11.0. The van der Waals surface area contributed by atoms with Crippen molar-refractivity contribution < 1.29 is 10.4 Å². The van der Waals surface area contributed by atoms with Crippen LogP contribution in [0.15, 0.2) is 71.0 Å². The lowest BCUT2D eigenvalue weighted by molar-refractivity contribution is 0.231. The maximum Gasteiger partial charge on any atom is 0.214 e. The standard InChI is InChI=1S/C26H34N4O2/c31-27-25(29-15-11-23(12-16-29)19-21-7-3-1-4-8-21)26(28-32)30-17-13-24(14-18-30)20-22-9-5-2-6-10-22/h1-10,23-24,31-32H,11-20H2/b27-25-,28-26+. The van der Waals surface area contributed by atoms with Crippen LogP contribution in [0.4, 0.5) is 0 Å². The van der Waals surface area contributed by atoms with Crippen molar-refractivity contribution in [2.45, 2.75) is 38.5 Å². The number of hydrogen-bond acceptors (Lipinski definition) is 4. The van der Waals surface area contributed by atoms with Crippen LogP contribution in [-0.2, 0) is 12.8 Å². The summed E-state index contributed by atoms with van der Waals surface area (Å²) in [5.41, 5.74) is 2.75. The highest BCUT2D eigenvalue weighted by atomic mass is 16.4. The third-order valence-electron chi connectivity index (χ3n) is 6.95. The maximum absolute atomic E-state index is 9.79. The van der Waals surface area contributed by atoms with Crippen LogP contribution in [-0.4, -0.2) is 58.1 Å². The molecule has 2 N–H and O–H groups in total. The number of amidine groups is 2. The molecule has 2 heterocycles. The molecule has 6 heteroatoms. The van der Waals surface area contributed by atoms with Crippen LogP contribution in [0.5, 0.6) is 0 Å². The second-order valence-corrected chi connectivity index (χ2v) is 9.09. The predicted molar refractivity (Wildman–Crippen MR) is 127 cm³/mol. The quantitative estimate of drug-likeness (QED) is 0.322. The molecular weight excluding hydrogens is 400 g/mol. The number of nitrogens with zero attached hydrogens (tertiary/aromatic N) is 4. The van der Waals surface area contributed by atoms with E-state index >= 15 is 0 Å². The van der Waals surface area contributed by atoms with Gasteiger partial charge in [0.1, 0.15) is 0 Å². The van der Waals surface area contributed by atoms with Gasteiger partial charge < -0.3 is 20.2 Å². The van der Waals surface area contributed by atoms with Crippen LogP contribution < -0.4 is 0 Å². The molecule has 2 aliphatic heterocycles. The van der Waals surface area contributed by atoms with Crippen LogP contribution >= 0.6 is 0 Å². The Kier molecular flexibility index (Phi) is 7.64. The summed E-state index contributed by atoms with van der Waals surface area (Å²) in [4.78, 5) is 4.12. The zero-order valence-corrected chi connectivity index (χ0v) is 18.7. The Labute approximate surface area is 190 Å². The summed E-state index contributed by atoms with van der Waals surface area (Å²) in [6, 6.07) is 21.2. The zero-order chi connectivity index (χ0) is 22.2. The zero-order valence-electron chi connectivity index (χ0n) is 18.7. The first-order valence-corrected chi connectivity index (χ1v) is 11.8. The van der Waals surface area contributed by atoms with Crippen LogP contribution in [0.3, 0.4) is 0 Å². The number of likely N-dealkylation sites (tertiary alicyclic amines) is 2. The van der Waals surface area contributed by atoms with Gasteiger partial charge in [-0.2, -0.15) is 0 Å². The molecule has 2 saturated heterocycles. The van der Waals surface area contributed by atoms with Gasteiger partial charge in [-0.1, -0.05) is 71.0 Å². The highest BCUT2D eigenvalue weighted by molar-refractivity contribution is 6.39. The highest BCUT2D eigenvalue weighted by Crippen LogP contribution is 2.25. The smallest absolute Gasteiger partial charge is 0.214 e. The van der Waals surface area contributed by atoms with E-state index in [0.29, 0.717) is 23.5 Å². The molecule has 0 unspecified atom stereocenters. The minimum Gasteiger partial charge on any atom is -0.409 e. The summed E-state index contributed by atoms with van der Waals surface area (Å²) in [5.74, 6) is 2.04. The van der Waals surface area contributed by atoms with E-state index in [1.165, 1.54) is 11.1 Å². The molecule has 6 nitrogen and oxygen atoms in total. The number of oxime groups is 2. The molecule has 2 fully saturated rings. The van der Waals surface area contributed by atoms with E-state index in [2.05, 4.69) is 80.8 Å². The molecule has 2 aromatic carbocycles. The monoisotopic (exact) mass is 434 g/mol. The Morgan fingerprint density at radius 1 is 0.625 bits per heavy atom. The summed E-state index contributed by atoms with van der Waals surface area (Å²) in [5, 5.41) is 26.7. The first kappa shape index (κ1) is 22.2. The normalized spacial score (nSPS) is 19.4. The van der Waals surface area contributed by atoms with Gasteiger partial charge in [-0.25, -0.2) is 0 Å². The van der Waals surface area contributed by atoms with E-state index in [1.54, 1.807) is 0 Å². The number of hydrogen-bond donors (Lipinski definition) is 2. The van der Waals surface area contributed by atoms with Crippen LogP contribution in [0.25, 0.3) is 0 Å². The van der Waals surface area contributed by atoms with Crippen molar-refractivity contribution in [1.82, 2.24) is 9.80 Å². The fourth-order valence-corrected chi connectivity index (χ4v) is 5.09. The van der Waals surface area contributed by atoms with Gasteiger partial charge in [0.25, 0.3) is 0 Å². The first-order valence-electron chi connectivity index (χ1n) is 11.8.